The zero-order valence-electron chi connectivity index (χ0n) is 12.9. The first-order chi connectivity index (χ1) is 10.2. The van der Waals surface area contributed by atoms with Gasteiger partial charge in [-0.1, -0.05) is 6.92 Å². The molecule has 0 spiro atoms. The first kappa shape index (κ1) is 19.0. The minimum atomic E-state index is -0.541. The van der Waals surface area contributed by atoms with Gasteiger partial charge in [-0.2, -0.15) is 0 Å². The molecule has 2 unspecified atom stereocenters. The van der Waals surface area contributed by atoms with Crippen LogP contribution in [0.1, 0.15) is 34.1 Å². The molecule has 7 heteroatoms. The Balaban J connectivity index is 2.88. The van der Waals surface area contributed by atoms with Crippen molar-refractivity contribution >= 4 is 45.3 Å². The van der Waals surface area contributed by atoms with Crippen molar-refractivity contribution in [2.24, 2.45) is 0 Å². The molecule has 0 aliphatic carbocycles. The van der Waals surface area contributed by atoms with E-state index in [9.17, 15) is 14.0 Å². The molecule has 1 aromatic rings. The number of halogens is 2. The van der Waals surface area contributed by atoms with Gasteiger partial charge in [-0.3, -0.25) is 9.59 Å². The van der Waals surface area contributed by atoms with E-state index < -0.39 is 11.1 Å². The molecule has 22 heavy (non-hydrogen) atoms. The van der Waals surface area contributed by atoms with Crippen molar-refractivity contribution in [2.45, 2.75) is 50.4 Å². The lowest BCUT2D eigenvalue weighted by Gasteiger charge is -2.16. The van der Waals surface area contributed by atoms with Crippen LogP contribution in [-0.4, -0.2) is 23.2 Å². The molecule has 1 amide bonds. The third-order valence-electron chi connectivity index (χ3n) is 2.86. The molecule has 0 bridgehead atoms. The van der Waals surface area contributed by atoms with E-state index >= 15 is 0 Å². The molecule has 2 atom stereocenters. The molecular formula is C15H19BrFNO3S. The van der Waals surface area contributed by atoms with Crippen molar-refractivity contribution in [1.29, 1.82) is 0 Å². The molecule has 1 rings (SSSR count). The summed E-state index contributed by atoms with van der Waals surface area (Å²) in [4.78, 5) is 23.7. The molecule has 0 aliphatic rings. The number of anilines is 1. The predicted octanol–water partition coefficient (Wildman–Crippen LogP) is 4.37. The zero-order chi connectivity index (χ0) is 16.9. The Labute approximate surface area is 142 Å². The number of carbonyl (C=O) groups is 2. The van der Waals surface area contributed by atoms with Crippen LogP contribution < -0.4 is 5.32 Å². The summed E-state index contributed by atoms with van der Waals surface area (Å²) in [6.07, 6.45) is 0.609. The van der Waals surface area contributed by atoms with Crippen molar-refractivity contribution in [2.75, 3.05) is 5.32 Å². The standard InChI is InChI=1S/C15H19BrFNO3S/c1-5-8(2)21-15(20)9(3)22-14-7-13(18-10(4)19)12(17)6-11(14)16/h6-9H,5H2,1-4H3,(H,18,19). The second kappa shape index (κ2) is 8.53. The lowest BCUT2D eigenvalue weighted by atomic mass is 10.3. The van der Waals surface area contributed by atoms with Crippen LogP contribution in [0.2, 0.25) is 0 Å². The summed E-state index contributed by atoms with van der Waals surface area (Å²) in [6.45, 7) is 6.80. The zero-order valence-corrected chi connectivity index (χ0v) is 15.3. The summed E-state index contributed by atoms with van der Waals surface area (Å²) in [5.74, 6) is -1.22. The van der Waals surface area contributed by atoms with Gasteiger partial charge in [0.2, 0.25) is 5.91 Å². The van der Waals surface area contributed by atoms with Crippen LogP contribution in [0.5, 0.6) is 0 Å². The highest BCUT2D eigenvalue weighted by Gasteiger charge is 2.20. The molecule has 4 nitrogen and oxygen atoms in total. The minimum absolute atomic E-state index is 0.0840. The second-order valence-corrected chi connectivity index (χ2v) is 7.10. The molecule has 0 aliphatic heterocycles. The predicted molar refractivity (Wildman–Crippen MR) is 89.6 cm³/mol. The number of rotatable bonds is 6. The van der Waals surface area contributed by atoms with Crippen LogP contribution in [0.25, 0.3) is 0 Å². The maximum atomic E-state index is 13.8. The molecule has 0 heterocycles. The van der Waals surface area contributed by atoms with E-state index in [2.05, 4.69) is 21.2 Å². The third kappa shape index (κ3) is 5.61. The number of hydrogen-bond donors (Lipinski definition) is 1. The first-order valence-corrected chi connectivity index (χ1v) is 8.55. The Morgan fingerprint density at radius 1 is 1.41 bits per heavy atom. The van der Waals surface area contributed by atoms with Gasteiger partial charge >= 0.3 is 5.97 Å². The number of amides is 1. The SMILES string of the molecule is CCC(C)OC(=O)C(C)Sc1cc(NC(C)=O)c(F)cc1Br. The van der Waals surface area contributed by atoms with E-state index in [0.717, 1.165) is 6.42 Å². The van der Waals surface area contributed by atoms with Crippen LogP contribution in [0.4, 0.5) is 10.1 Å². The number of hydrogen-bond acceptors (Lipinski definition) is 4. The average Bonchev–Trinajstić information content (AvgIpc) is 2.43. The maximum Gasteiger partial charge on any atom is 0.319 e. The van der Waals surface area contributed by atoms with Crippen LogP contribution in [0.3, 0.4) is 0 Å². The normalized spacial score (nSPS) is 13.4. The van der Waals surface area contributed by atoms with Gasteiger partial charge in [0.1, 0.15) is 11.1 Å². The minimum Gasteiger partial charge on any atom is -0.462 e. The van der Waals surface area contributed by atoms with E-state index in [1.807, 2.05) is 13.8 Å². The van der Waals surface area contributed by atoms with Crippen LogP contribution >= 0.6 is 27.7 Å². The molecule has 0 aromatic heterocycles. The molecule has 0 saturated heterocycles. The van der Waals surface area contributed by atoms with E-state index in [0.29, 0.717) is 9.37 Å². The molecular weight excluding hydrogens is 373 g/mol. The van der Waals surface area contributed by atoms with E-state index in [1.54, 1.807) is 6.92 Å². The number of ether oxygens (including phenoxy) is 1. The van der Waals surface area contributed by atoms with Crippen LogP contribution in [-0.2, 0) is 14.3 Å². The highest BCUT2D eigenvalue weighted by molar-refractivity contribution is 9.10. The van der Waals surface area contributed by atoms with Gasteiger partial charge in [0.15, 0.2) is 0 Å². The topological polar surface area (TPSA) is 55.4 Å². The van der Waals surface area contributed by atoms with Crippen LogP contribution in [0, 0.1) is 5.82 Å². The largest absolute Gasteiger partial charge is 0.462 e. The third-order valence-corrected chi connectivity index (χ3v) is 4.92. The summed E-state index contributed by atoms with van der Waals surface area (Å²) in [7, 11) is 0. The highest BCUT2D eigenvalue weighted by Crippen LogP contribution is 2.35. The fourth-order valence-corrected chi connectivity index (χ4v) is 3.01. The Morgan fingerprint density at radius 3 is 2.59 bits per heavy atom. The Kier molecular flexibility index (Phi) is 7.35. The maximum absolute atomic E-state index is 13.8. The smallest absolute Gasteiger partial charge is 0.319 e. The lowest BCUT2D eigenvalue weighted by Crippen LogP contribution is -2.22. The molecule has 0 fully saturated rings. The van der Waals surface area contributed by atoms with E-state index in [4.69, 9.17) is 4.74 Å². The van der Waals surface area contributed by atoms with E-state index in [-0.39, 0.29) is 23.7 Å². The summed E-state index contributed by atoms with van der Waals surface area (Å²) in [6, 6.07) is 2.76. The van der Waals surface area contributed by atoms with Gasteiger partial charge in [-0.05, 0) is 48.3 Å². The molecule has 0 radical (unpaired) electrons. The number of nitrogens with one attached hydrogen (secondary N) is 1. The lowest BCUT2D eigenvalue weighted by molar-refractivity contribution is -0.147. The van der Waals surface area contributed by atoms with Gasteiger partial charge in [0, 0.05) is 16.3 Å². The number of carbonyl (C=O) groups excluding carboxylic acids is 2. The quantitative estimate of drug-likeness (QED) is 0.577. The van der Waals surface area contributed by atoms with Gasteiger partial charge in [-0.15, -0.1) is 11.8 Å². The highest BCUT2D eigenvalue weighted by atomic mass is 79.9. The number of thioether (sulfide) groups is 1. The van der Waals surface area contributed by atoms with Crippen molar-refractivity contribution in [3.63, 3.8) is 0 Å². The number of benzene rings is 1. The average molecular weight is 392 g/mol. The molecule has 1 aromatic carbocycles. The second-order valence-electron chi connectivity index (χ2n) is 4.86. The molecule has 122 valence electrons. The number of esters is 1. The summed E-state index contributed by atoms with van der Waals surface area (Å²) in [5.41, 5.74) is 0.0840. The Bertz CT molecular complexity index is 568. The fraction of sp³-hybridized carbons (Fsp3) is 0.467. The summed E-state index contributed by atoms with van der Waals surface area (Å²) in [5, 5.41) is 1.98. The van der Waals surface area contributed by atoms with Crippen molar-refractivity contribution in [3.05, 3.63) is 22.4 Å². The van der Waals surface area contributed by atoms with Gasteiger partial charge in [-0.25, -0.2) is 4.39 Å². The monoisotopic (exact) mass is 391 g/mol. The summed E-state index contributed by atoms with van der Waals surface area (Å²) < 4.78 is 19.6. The molecule has 0 saturated carbocycles. The Hall–Kier alpha value is -1.08. The van der Waals surface area contributed by atoms with E-state index in [1.165, 1.54) is 30.8 Å². The van der Waals surface area contributed by atoms with Gasteiger partial charge < -0.3 is 10.1 Å². The van der Waals surface area contributed by atoms with Crippen molar-refractivity contribution in [3.8, 4) is 0 Å². The fourth-order valence-electron chi connectivity index (χ4n) is 1.52. The first-order valence-electron chi connectivity index (χ1n) is 6.88. The van der Waals surface area contributed by atoms with Gasteiger partial charge in [0.25, 0.3) is 0 Å². The molecule has 1 N–H and O–H groups in total. The Morgan fingerprint density at radius 2 is 2.05 bits per heavy atom. The summed E-state index contributed by atoms with van der Waals surface area (Å²) >= 11 is 4.51. The van der Waals surface area contributed by atoms with Crippen molar-refractivity contribution in [1.82, 2.24) is 0 Å². The van der Waals surface area contributed by atoms with Gasteiger partial charge in [0.05, 0.1) is 11.8 Å². The van der Waals surface area contributed by atoms with Crippen LogP contribution in [0.15, 0.2) is 21.5 Å². The van der Waals surface area contributed by atoms with Crippen molar-refractivity contribution < 1.29 is 18.7 Å².